The van der Waals surface area contributed by atoms with Crippen LogP contribution in [0.2, 0.25) is 0 Å². The van der Waals surface area contributed by atoms with Crippen molar-refractivity contribution in [3.63, 3.8) is 0 Å². The highest BCUT2D eigenvalue weighted by Crippen LogP contribution is 2.70. The number of hydrogen-bond acceptors (Lipinski definition) is 3. The molecule has 0 bridgehead atoms. The fourth-order valence-electron chi connectivity index (χ4n) is 3.31. The molecule has 9 heteroatoms. The lowest BCUT2D eigenvalue weighted by atomic mass is 10.0. The van der Waals surface area contributed by atoms with Crippen LogP contribution in [0.4, 0.5) is 13.2 Å². The first-order chi connectivity index (χ1) is 12.3. The third-order valence-corrected chi connectivity index (χ3v) is 8.83. The van der Waals surface area contributed by atoms with Crippen LogP contribution in [-0.2, 0) is 14.3 Å². The average Bonchev–Trinajstić information content (AvgIpc) is 3.04. The van der Waals surface area contributed by atoms with Crippen molar-refractivity contribution in [2.45, 2.75) is 29.7 Å². The van der Waals surface area contributed by atoms with Gasteiger partial charge in [-0.2, -0.15) is 21.6 Å². The van der Waals surface area contributed by atoms with Crippen LogP contribution in [-0.4, -0.2) is 28.7 Å². The molecule has 3 radical (unpaired) electrons. The van der Waals surface area contributed by atoms with Crippen molar-refractivity contribution in [3.8, 4) is 0 Å². The van der Waals surface area contributed by atoms with E-state index in [1.54, 1.807) is 0 Å². The van der Waals surface area contributed by atoms with Crippen LogP contribution in [0.15, 0.2) is 60.7 Å². The number of halogens is 3. The second kappa shape index (κ2) is 8.76. The Morgan fingerprint density at radius 3 is 1.67 bits per heavy atom. The van der Waals surface area contributed by atoms with Gasteiger partial charge >= 0.3 is 15.6 Å². The Kier molecular flexibility index (Phi) is 7.11. The van der Waals surface area contributed by atoms with Gasteiger partial charge in [-0.3, -0.25) is 4.18 Å². The van der Waals surface area contributed by atoms with Crippen molar-refractivity contribution in [1.29, 1.82) is 0 Å². The zero-order chi connectivity index (χ0) is 18.8. The van der Waals surface area contributed by atoms with Gasteiger partial charge in [0, 0.05) is 19.7 Å². The highest BCUT2D eigenvalue weighted by Gasteiger charge is 2.48. The molecule has 2 aromatic rings. The van der Waals surface area contributed by atoms with Gasteiger partial charge in [-0.1, -0.05) is 68.6 Å². The van der Waals surface area contributed by atoms with Crippen molar-refractivity contribution >= 4 is 26.5 Å². The van der Waals surface area contributed by atoms with E-state index >= 15 is 0 Å². The third-order valence-electron chi connectivity index (χ3n) is 4.52. The smallest absolute Gasteiger partial charge is 0.259 e. The Morgan fingerprint density at radius 1 is 0.889 bits per heavy atom. The van der Waals surface area contributed by atoms with E-state index in [9.17, 15) is 21.6 Å². The Labute approximate surface area is 160 Å². The summed E-state index contributed by atoms with van der Waals surface area (Å²) in [5.41, 5.74) is -3.33. The van der Waals surface area contributed by atoms with Gasteiger partial charge < -0.3 is 0 Å². The predicted octanol–water partition coefficient (Wildman–Crippen LogP) is 5.19. The Hall–Kier alpha value is -1.37. The summed E-state index contributed by atoms with van der Waals surface area (Å²) >= 11 is 0. The molecule has 2 atom stereocenters. The third kappa shape index (κ3) is 4.92. The zero-order valence-corrected chi connectivity index (χ0v) is 16.1. The van der Waals surface area contributed by atoms with Crippen LogP contribution in [0.3, 0.4) is 0 Å². The van der Waals surface area contributed by atoms with Crippen LogP contribution in [0.25, 0.3) is 0 Å². The minimum atomic E-state index is -5.58. The first-order valence-electron chi connectivity index (χ1n) is 8.11. The molecule has 1 fully saturated rings. The molecule has 0 spiro atoms. The van der Waals surface area contributed by atoms with Gasteiger partial charge in [-0.25, -0.2) is 0 Å². The van der Waals surface area contributed by atoms with Gasteiger partial charge in [-0.05, 0) is 24.0 Å². The molecule has 0 N–H and O–H groups in total. The molecule has 143 valence electrons. The largest absolute Gasteiger partial charge is 0.523 e. The van der Waals surface area contributed by atoms with Gasteiger partial charge in [0.2, 0.25) is 0 Å². The van der Waals surface area contributed by atoms with E-state index in [0.717, 1.165) is 24.0 Å². The SMILES string of the molecule is O=S(=O)(OCP1[C@@H](c2ccccc2)CC[C@@H]1c1ccccc1)C(F)(F)F.[B]. The van der Waals surface area contributed by atoms with Crippen LogP contribution in [0.5, 0.6) is 0 Å². The standard InChI is InChI=1S/C18H18F3O3PS.B/c19-18(20,21)26(22,23)24-13-25-16(14-7-3-1-4-8-14)11-12-17(25)15-9-5-2-6-10-15;/h1-10,16-17H,11-13H2;/t16-,17-;/m1./s1. The summed E-state index contributed by atoms with van der Waals surface area (Å²) in [7, 11) is -6.72. The molecule has 0 unspecified atom stereocenters. The van der Waals surface area contributed by atoms with E-state index in [1.807, 2.05) is 60.7 Å². The van der Waals surface area contributed by atoms with E-state index in [0.29, 0.717) is 0 Å². The van der Waals surface area contributed by atoms with Crippen molar-refractivity contribution in [1.82, 2.24) is 0 Å². The summed E-state index contributed by atoms with van der Waals surface area (Å²) in [6.07, 6.45) is 1.17. The number of benzene rings is 2. The molecule has 3 rings (SSSR count). The van der Waals surface area contributed by atoms with Crippen LogP contribution >= 0.6 is 7.92 Å². The number of alkyl halides is 3. The van der Waals surface area contributed by atoms with Gasteiger partial charge in [0.1, 0.15) is 0 Å². The second-order valence-electron chi connectivity index (χ2n) is 6.09. The molecular formula is C18H18BF3O3PS. The Morgan fingerprint density at radius 2 is 1.30 bits per heavy atom. The molecule has 0 aliphatic carbocycles. The molecule has 1 saturated heterocycles. The lowest BCUT2D eigenvalue weighted by molar-refractivity contribution is -0.0530. The monoisotopic (exact) mass is 413 g/mol. The summed E-state index contributed by atoms with van der Waals surface area (Å²) in [4.78, 5) is 0. The first kappa shape index (κ1) is 21.9. The van der Waals surface area contributed by atoms with Gasteiger partial charge in [0.05, 0.1) is 6.35 Å². The molecule has 0 aromatic heterocycles. The summed E-state index contributed by atoms with van der Waals surface area (Å²) in [5, 5.41) is 0. The Bertz CT molecular complexity index is 784. The molecule has 2 aromatic carbocycles. The summed E-state index contributed by atoms with van der Waals surface area (Å²) in [5.74, 6) is 0. The molecule has 1 heterocycles. The maximum absolute atomic E-state index is 12.6. The van der Waals surface area contributed by atoms with Crippen LogP contribution in [0.1, 0.15) is 35.3 Å². The van der Waals surface area contributed by atoms with E-state index in [-0.39, 0.29) is 19.7 Å². The van der Waals surface area contributed by atoms with Gasteiger partial charge in [0.25, 0.3) is 0 Å². The lowest BCUT2D eigenvalue weighted by Gasteiger charge is -2.26. The summed E-state index contributed by atoms with van der Waals surface area (Å²) < 4.78 is 65.1. The second-order valence-corrected chi connectivity index (χ2v) is 10.2. The summed E-state index contributed by atoms with van der Waals surface area (Å²) in [6, 6.07) is 19.0. The van der Waals surface area contributed by atoms with E-state index in [1.165, 1.54) is 0 Å². The van der Waals surface area contributed by atoms with E-state index < -0.39 is 29.9 Å². The van der Waals surface area contributed by atoms with E-state index in [4.69, 9.17) is 0 Å². The number of rotatable bonds is 5. The van der Waals surface area contributed by atoms with Crippen LogP contribution in [0, 0.1) is 0 Å². The van der Waals surface area contributed by atoms with Gasteiger partial charge in [0.15, 0.2) is 0 Å². The number of hydrogen-bond donors (Lipinski definition) is 0. The van der Waals surface area contributed by atoms with Crippen molar-refractivity contribution in [2.75, 3.05) is 6.35 Å². The normalized spacial score (nSPS) is 21.0. The molecule has 0 saturated carbocycles. The quantitative estimate of drug-likeness (QED) is 0.293. The van der Waals surface area contributed by atoms with Gasteiger partial charge in [-0.15, -0.1) is 0 Å². The fourth-order valence-corrected chi connectivity index (χ4v) is 7.35. The minimum Gasteiger partial charge on any atom is -0.259 e. The molecular weight excluding hydrogens is 395 g/mol. The maximum Gasteiger partial charge on any atom is 0.523 e. The topological polar surface area (TPSA) is 43.4 Å². The molecule has 27 heavy (non-hydrogen) atoms. The molecule has 1 aliphatic rings. The van der Waals surface area contributed by atoms with E-state index in [2.05, 4.69) is 4.18 Å². The minimum absolute atomic E-state index is 0. The fraction of sp³-hybridized carbons (Fsp3) is 0.333. The summed E-state index contributed by atoms with van der Waals surface area (Å²) in [6.45, 7) is 0. The van der Waals surface area contributed by atoms with Crippen LogP contribution < -0.4 is 0 Å². The maximum atomic E-state index is 12.6. The highest BCUT2D eigenvalue weighted by atomic mass is 32.2. The molecule has 1 aliphatic heterocycles. The predicted molar refractivity (Wildman–Crippen MR) is 101 cm³/mol. The molecule has 3 nitrogen and oxygen atoms in total. The zero-order valence-electron chi connectivity index (χ0n) is 14.3. The first-order valence-corrected chi connectivity index (χ1v) is 11.2. The van der Waals surface area contributed by atoms with Crippen molar-refractivity contribution < 1.29 is 25.8 Å². The van der Waals surface area contributed by atoms with Crippen molar-refractivity contribution in [3.05, 3.63) is 71.8 Å². The lowest BCUT2D eigenvalue weighted by Crippen LogP contribution is -2.25. The molecule has 0 amide bonds. The Balaban J connectivity index is 0.00000261. The highest BCUT2D eigenvalue weighted by molar-refractivity contribution is 7.87. The van der Waals surface area contributed by atoms with Crippen molar-refractivity contribution in [2.24, 2.45) is 0 Å². The average molecular weight is 413 g/mol.